The number of nitro benzene ring substituents is 1. The maximum atomic E-state index is 10.6. The van der Waals surface area contributed by atoms with Gasteiger partial charge >= 0.3 is 0 Å². The number of benzene rings is 1. The van der Waals surface area contributed by atoms with Crippen molar-refractivity contribution in [1.29, 1.82) is 0 Å². The van der Waals surface area contributed by atoms with E-state index in [9.17, 15) is 10.1 Å². The van der Waals surface area contributed by atoms with Crippen LogP contribution in [-0.4, -0.2) is 25.5 Å². The van der Waals surface area contributed by atoms with E-state index in [0.717, 1.165) is 5.69 Å². The number of hydrogen-bond donors (Lipinski definition) is 2. The molecule has 0 amide bonds. The lowest BCUT2D eigenvalue weighted by Gasteiger charge is -2.12. The average molecular weight is 313 g/mol. The third-order valence-corrected chi connectivity index (χ3v) is 2.94. The first kappa shape index (κ1) is 12.4. The van der Waals surface area contributed by atoms with E-state index in [4.69, 9.17) is 0 Å². The Morgan fingerprint density at radius 1 is 1.56 bits per heavy atom. The topological polar surface area (TPSA) is 110 Å². The molecule has 94 valence electrons. The van der Waals surface area contributed by atoms with E-state index in [2.05, 4.69) is 41.9 Å². The molecule has 2 N–H and O–H groups in total. The molecule has 0 aliphatic carbocycles. The summed E-state index contributed by atoms with van der Waals surface area (Å²) < 4.78 is 0.604. The minimum Gasteiger partial charge on any atom is -0.374 e. The molecule has 0 radical (unpaired) electrons. The van der Waals surface area contributed by atoms with E-state index < -0.39 is 4.92 Å². The van der Waals surface area contributed by atoms with Crippen molar-refractivity contribution in [3.63, 3.8) is 0 Å². The molecule has 0 fully saturated rings. The van der Waals surface area contributed by atoms with E-state index >= 15 is 0 Å². The number of nitro groups is 1. The number of non-ortho nitro benzene ring substituents is 1. The Hall–Kier alpha value is -2.03. The highest BCUT2D eigenvalue weighted by atomic mass is 79.9. The largest absolute Gasteiger partial charge is 0.374 e. The second-order valence-corrected chi connectivity index (χ2v) is 4.41. The summed E-state index contributed by atoms with van der Waals surface area (Å²) in [5, 5.41) is 27.3. The summed E-state index contributed by atoms with van der Waals surface area (Å²) in [5.41, 5.74) is 0.748. The first-order valence-corrected chi connectivity index (χ1v) is 5.81. The van der Waals surface area contributed by atoms with Gasteiger partial charge in [0.25, 0.3) is 5.69 Å². The van der Waals surface area contributed by atoms with Gasteiger partial charge in [0.2, 0.25) is 0 Å². The van der Waals surface area contributed by atoms with Gasteiger partial charge < -0.3 is 5.32 Å². The molecule has 0 saturated carbocycles. The van der Waals surface area contributed by atoms with Gasteiger partial charge in [0.15, 0.2) is 5.82 Å². The predicted molar refractivity (Wildman–Crippen MR) is 67.0 cm³/mol. The zero-order valence-electron chi connectivity index (χ0n) is 9.29. The maximum Gasteiger partial charge on any atom is 0.270 e. The van der Waals surface area contributed by atoms with Crippen molar-refractivity contribution in [2.75, 3.05) is 5.32 Å². The van der Waals surface area contributed by atoms with Gasteiger partial charge in [0.1, 0.15) is 0 Å². The number of aromatic amines is 1. The van der Waals surface area contributed by atoms with Crippen molar-refractivity contribution in [2.45, 2.75) is 13.0 Å². The van der Waals surface area contributed by atoms with Crippen LogP contribution in [0.3, 0.4) is 0 Å². The van der Waals surface area contributed by atoms with Crippen LogP contribution in [0.2, 0.25) is 0 Å². The number of H-pyrrole nitrogens is 1. The highest BCUT2D eigenvalue weighted by molar-refractivity contribution is 9.10. The Labute approximate surface area is 110 Å². The summed E-state index contributed by atoms with van der Waals surface area (Å²) in [5.74, 6) is 0.514. The van der Waals surface area contributed by atoms with Crippen LogP contribution >= 0.6 is 15.9 Å². The zero-order valence-corrected chi connectivity index (χ0v) is 10.9. The highest BCUT2D eigenvalue weighted by Gasteiger charge is 2.13. The van der Waals surface area contributed by atoms with Gasteiger partial charge in [-0.1, -0.05) is 5.21 Å². The first-order chi connectivity index (χ1) is 8.58. The second-order valence-electron chi connectivity index (χ2n) is 3.56. The molecular weight excluding hydrogens is 304 g/mol. The minimum atomic E-state index is -0.447. The Balaban J connectivity index is 2.17. The SMILES string of the molecule is CC(Nc1ccc([N+](=O)[O-])cc1Br)c1nn[nH]n1. The highest BCUT2D eigenvalue weighted by Crippen LogP contribution is 2.29. The quantitative estimate of drug-likeness (QED) is 0.660. The van der Waals surface area contributed by atoms with Crippen LogP contribution in [0.4, 0.5) is 11.4 Å². The minimum absolute atomic E-state index is 0.0274. The van der Waals surface area contributed by atoms with Gasteiger partial charge in [-0.2, -0.15) is 5.21 Å². The molecule has 0 bridgehead atoms. The van der Waals surface area contributed by atoms with Crippen molar-refractivity contribution >= 4 is 27.3 Å². The molecule has 18 heavy (non-hydrogen) atoms. The van der Waals surface area contributed by atoms with E-state index in [0.29, 0.717) is 10.3 Å². The molecule has 1 heterocycles. The Morgan fingerprint density at radius 3 is 2.89 bits per heavy atom. The van der Waals surface area contributed by atoms with Crippen LogP contribution in [0.15, 0.2) is 22.7 Å². The summed E-state index contributed by atoms with van der Waals surface area (Å²) in [6, 6.07) is 4.32. The predicted octanol–water partition coefficient (Wildman–Crippen LogP) is 2.04. The third kappa shape index (κ3) is 2.62. The number of hydrogen-bond acceptors (Lipinski definition) is 6. The molecule has 9 heteroatoms. The van der Waals surface area contributed by atoms with Crippen molar-refractivity contribution < 1.29 is 4.92 Å². The summed E-state index contributed by atoms with van der Waals surface area (Å²) in [6.07, 6.45) is 0. The van der Waals surface area contributed by atoms with Crippen molar-refractivity contribution in [3.05, 3.63) is 38.6 Å². The summed E-state index contributed by atoms with van der Waals surface area (Å²) in [6.45, 7) is 1.86. The molecular formula is C9H9BrN6O2. The molecule has 0 aliphatic heterocycles. The lowest BCUT2D eigenvalue weighted by Crippen LogP contribution is -2.09. The van der Waals surface area contributed by atoms with E-state index in [1.54, 1.807) is 6.07 Å². The smallest absolute Gasteiger partial charge is 0.270 e. The lowest BCUT2D eigenvalue weighted by atomic mass is 10.2. The van der Waals surface area contributed by atoms with Crippen LogP contribution in [0.1, 0.15) is 18.8 Å². The van der Waals surface area contributed by atoms with Gasteiger partial charge in [-0.05, 0) is 28.9 Å². The zero-order chi connectivity index (χ0) is 13.1. The second kappa shape index (κ2) is 5.08. The molecule has 8 nitrogen and oxygen atoms in total. The van der Waals surface area contributed by atoms with Crippen molar-refractivity contribution in [2.24, 2.45) is 0 Å². The fraction of sp³-hybridized carbons (Fsp3) is 0.222. The molecule has 1 aromatic carbocycles. The van der Waals surface area contributed by atoms with Gasteiger partial charge in [-0.15, -0.1) is 10.2 Å². The van der Waals surface area contributed by atoms with Crippen LogP contribution < -0.4 is 5.32 Å². The average Bonchev–Trinajstić information content (AvgIpc) is 2.85. The number of nitrogens with zero attached hydrogens (tertiary/aromatic N) is 4. The fourth-order valence-electron chi connectivity index (χ4n) is 1.39. The van der Waals surface area contributed by atoms with Crippen LogP contribution in [0.5, 0.6) is 0 Å². The number of nitrogens with one attached hydrogen (secondary N) is 2. The Kier molecular flexibility index (Phi) is 3.51. The molecule has 1 atom stereocenters. The van der Waals surface area contributed by atoms with E-state index in [1.165, 1.54) is 12.1 Å². The maximum absolute atomic E-state index is 10.6. The molecule has 2 aromatic rings. The number of aromatic nitrogens is 4. The molecule has 0 aliphatic rings. The fourth-order valence-corrected chi connectivity index (χ4v) is 1.87. The summed E-state index contributed by atoms with van der Waals surface area (Å²) >= 11 is 3.28. The molecule has 0 spiro atoms. The van der Waals surface area contributed by atoms with Gasteiger partial charge in [0.05, 0.1) is 11.0 Å². The molecule has 2 rings (SSSR count). The van der Waals surface area contributed by atoms with Crippen molar-refractivity contribution in [3.8, 4) is 0 Å². The standard InChI is InChI=1S/C9H9BrN6O2/c1-5(9-12-14-15-13-9)11-8-3-2-6(16(17)18)4-7(8)10/h2-5,11H,1H3,(H,12,13,14,15). The normalized spacial score (nSPS) is 12.1. The monoisotopic (exact) mass is 312 g/mol. The molecule has 1 unspecified atom stereocenters. The van der Waals surface area contributed by atoms with Crippen molar-refractivity contribution in [1.82, 2.24) is 20.6 Å². The van der Waals surface area contributed by atoms with E-state index in [1.807, 2.05) is 6.92 Å². The summed E-state index contributed by atoms with van der Waals surface area (Å²) in [7, 11) is 0. The van der Waals surface area contributed by atoms with Crippen LogP contribution in [-0.2, 0) is 0 Å². The van der Waals surface area contributed by atoms with Gasteiger partial charge in [-0.3, -0.25) is 10.1 Å². The molecule has 1 aromatic heterocycles. The number of tetrazole rings is 1. The first-order valence-electron chi connectivity index (χ1n) is 5.01. The number of anilines is 1. The van der Waals surface area contributed by atoms with Crippen LogP contribution in [0, 0.1) is 10.1 Å². The lowest BCUT2D eigenvalue weighted by molar-refractivity contribution is -0.384. The van der Waals surface area contributed by atoms with E-state index in [-0.39, 0.29) is 11.7 Å². The van der Waals surface area contributed by atoms with Crippen LogP contribution in [0.25, 0.3) is 0 Å². The van der Waals surface area contributed by atoms with Gasteiger partial charge in [-0.25, -0.2) is 0 Å². The summed E-state index contributed by atoms with van der Waals surface area (Å²) in [4.78, 5) is 10.2. The number of halogens is 1. The Bertz CT molecular complexity index is 558. The van der Waals surface area contributed by atoms with Gasteiger partial charge in [0, 0.05) is 22.3 Å². The third-order valence-electron chi connectivity index (χ3n) is 2.28. The molecule has 0 saturated heterocycles. The number of rotatable bonds is 4. The Morgan fingerprint density at radius 2 is 2.33 bits per heavy atom.